The molecule has 1 saturated heterocycles. The number of nitrogens with zero attached hydrogens (tertiary/aromatic N) is 1. The van der Waals surface area contributed by atoms with Crippen LogP contribution in [0.2, 0.25) is 5.02 Å². The normalized spacial score (nSPS) is 17.0. The Labute approximate surface area is 190 Å². The van der Waals surface area contributed by atoms with E-state index in [1.165, 1.54) is 5.57 Å². The van der Waals surface area contributed by atoms with E-state index in [1.54, 1.807) is 18.2 Å². The summed E-state index contributed by atoms with van der Waals surface area (Å²) in [6.45, 7) is 8.92. The largest absolute Gasteiger partial charge is 0.392 e. The lowest BCUT2D eigenvalue weighted by Crippen LogP contribution is -2.43. The van der Waals surface area contributed by atoms with Gasteiger partial charge in [-0.2, -0.15) is 0 Å². The summed E-state index contributed by atoms with van der Waals surface area (Å²) in [6.07, 6.45) is 7.15. The highest BCUT2D eigenvalue weighted by molar-refractivity contribution is 6.30. The van der Waals surface area contributed by atoms with Crippen molar-refractivity contribution in [3.8, 4) is 0 Å². The van der Waals surface area contributed by atoms with Gasteiger partial charge in [0.1, 0.15) is 0 Å². The second-order valence-electron chi connectivity index (χ2n) is 8.07. The van der Waals surface area contributed by atoms with Crippen molar-refractivity contribution in [2.75, 3.05) is 38.0 Å². The third-order valence-corrected chi connectivity index (χ3v) is 5.60. The van der Waals surface area contributed by atoms with Crippen molar-refractivity contribution in [2.45, 2.75) is 45.3 Å². The SMILES string of the molecule is C=CCNCC(=O)CN1CCC(Nc2ccc(Cl)cc2CO)CC1.CC1=CC(=O)CC1. The quantitative estimate of drug-likeness (QED) is 0.398. The molecule has 1 heterocycles. The summed E-state index contributed by atoms with van der Waals surface area (Å²) >= 11 is 5.96. The number of piperidine rings is 1. The zero-order valence-corrected chi connectivity index (χ0v) is 19.1. The van der Waals surface area contributed by atoms with Crippen LogP contribution in [0.1, 0.15) is 38.2 Å². The van der Waals surface area contributed by atoms with Gasteiger partial charge >= 0.3 is 0 Å². The van der Waals surface area contributed by atoms with Crippen LogP contribution in [0, 0.1) is 0 Å². The Hall–Kier alpha value is -1.99. The van der Waals surface area contributed by atoms with Gasteiger partial charge < -0.3 is 15.7 Å². The average molecular weight is 448 g/mol. The molecule has 0 bridgehead atoms. The number of hydrogen-bond acceptors (Lipinski definition) is 6. The van der Waals surface area contributed by atoms with Crippen LogP contribution in [0.4, 0.5) is 5.69 Å². The van der Waals surface area contributed by atoms with Crippen LogP contribution in [0.5, 0.6) is 0 Å². The Kier molecular flexibility index (Phi) is 10.9. The van der Waals surface area contributed by atoms with Crippen molar-refractivity contribution >= 4 is 28.9 Å². The smallest absolute Gasteiger partial charge is 0.160 e. The van der Waals surface area contributed by atoms with Gasteiger partial charge in [-0.15, -0.1) is 6.58 Å². The highest BCUT2D eigenvalue weighted by Crippen LogP contribution is 2.23. The first-order valence-electron chi connectivity index (χ1n) is 10.8. The second-order valence-corrected chi connectivity index (χ2v) is 8.51. The van der Waals surface area contributed by atoms with E-state index in [-0.39, 0.29) is 18.2 Å². The molecule has 7 heteroatoms. The number of carbonyl (C=O) groups is 2. The minimum Gasteiger partial charge on any atom is -0.392 e. The molecule has 0 saturated carbocycles. The summed E-state index contributed by atoms with van der Waals surface area (Å²) in [5, 5.41) is 16.6. The molecule has 31 heavy (non-hydrogen) atoms. The maximum absolute atomic E-state index is 11.9. The van der Waals surface area contributed by atoms with E-state index in [4.69, 9.17) is 11.6 Å². The Morgan fingerprint density at radius 3 is 2.61 bits per heavy atom. The number of halogens is 1. The van der Waals surface area contributed by atoms with Gasteiger partial charge in [0.15, 0.2) is 11.6 Å². The van der Waals surface area contributed by atoms with E-state index >= 15 is 0 Å². The lowest BCUT2D eigenvalue weighted by Gasteiger charge is -2.32. The number of allylic oxidation sites excluding steroid dienone is 2. The number of hydrogen-bond donors (Lipinski definition) is 3. The van der Waals surface area contributed by atoms with Gasteiger partial charge in [0.05, 0.1) is 19.7 Å². The number of carbonyl (C=O) groups excluding carboxylic acids is 2. The Bertz CT molecular complexity index is 786. The van der Waals surface area contributed by atoms with Crippen LogP contribution in [-0.2, 0) is 16.2 Å². The standard InChI is InChI=1S/C18H26ClN3O2.C6H8O/c1-2-7-20-11-17(24)12-22-8-5-16(6-9-22)21-18-4-3-15(19)10-14(18)13-23;1-5-2-3-6(7)4-5/h2-4,10,16,20-21,23H,1,5-9,11-13H2;4H,2-3H2,1H3. The number of aliphatic hydroxyl groups is 1. The summed E-state index contributed by atoms with van der Waals surface area (Å²) in [5.41, 5.74) is 2.98. The summed E-state index contributed by atoms with van der Waals surface area (Å²) in [4.78, 5) is 24.5. The minimum absolute atomic E-state index is 0.0338. The van der Waals surface area contributed by atoms with Crippen LogP contribution in [-0.4, -0.2) is 60.3 Å². The van der Waals surface area contributed by atoms with Gasteiger partial charge in [0.2, 0.25) is 0 Å². The Morgan fingerprint density at radius 1 is 1.32 bits per heavy atom. The highest BCUT2D eigenvalue weighted by Gasteiger charge is 2.21. The Balaban J connectivity index is 0.000000412. The van der Waals surface area contributed by atoms with Crippen LogP contribution in [0.15, 0.2) is 42.5 Å². The van der Waals surface area contributed by atoms with Crippen LogP contribution >= 0.6 is 11.6 Å². The average Bonchev–Trinajstić information content (AvgIpc) is 3.14. The van der Waals surface area contributed by atoms with Gasteiger partial charge in [0, 0.05) is 48.4 Å². The Morgan fingerprint density at radius 2 is 2.06 bits per heavy atom. The number of ketones is 2. The molecule has 6 nitrogen and oxygen atoms in total. The molecule has 0 unspecified atom stereocenters. The van der Waals surface area contributed by atoms with Gasteiger partial charge in [-0.1, -0.05) is 23.3 Å². The molecule has 0 amide bonds. The monoisotopic (exact) mass is 447 g/mol. The molecule has 2 aliphatic rings. The predicted molar refractivity (Wildman–Crippen MR) is 127 cm³/mol. The number of likely N-dealkylation sites (tertiary alicyclic amines) is 1. The van der Waals surface area contributed by atoms with Crippen molar-refractivity contribution in [1.82, 2.24) is 10.2 Å². The molecule has 170 valence electrons. The molecule has 0 radical (unpaired) electrons. The molecule has 1 aromatic rings. The molecule has 0 spiro atoms. The second kappa shape index (κ2) is 13.4. The lowest BCUT2D eigenvalue weighted by molar-refractivity contribution is -0.119. The summed E-state index contributed by atoms with van der Waals surface area (Å²) in [6, 6.07) is 5.87. The first kappa shape index (κ1) is 25.3. The van der Waals surface area contributed by atoms with E-state index in [2.05, 4.69) is 22.1 Å². The van der Waals surface area contributed by atoms with Crippen molar-refractivity contribution in [3.05, 3.63) is 53.1 Å². The first-order chi connectivity index (χ1) is 14.9. The minimum atomic E-state index is -0.0338. The maximum atomic E-state index is 11.9. The number of aliphatic hydroxyl groups excluding tert-OH is 1. The highest BCUT2D eigenvalue weighted by atomic mass is 35.5. The van der Waals surface area contributed by atoms with Gasteiger partial charge in [-0.3, -0.25) is 14.5 Å². The molecular formula is C24H34ClN3O3. The molecule has 1 fully saturated rings. The zero-order chi connectivity index (χ0) is 22.6. The molecule has 1 aliphatic heterocycles. The maximum Gasteiger partial charge on any atom is 0.160 e. The molecule has 3 rings (SSSR count). The third kappa shape index (κ3) is 9.35. The van der Waals surface area contributed by atoms with Crippen LogP contribution < -0.4 is 10.6 Å². The van der Waals surface area contributed by atoms with Crippen molar-refractivity contribution in [2.24, 2.45) is 0 Å². The zero-order valence-electron chi connectivity index (χ0n) is 18.3. The van der Waals surface area contributed by atoms with Crippen LogP contribution in [0.25, 0.3) is 0 Å². The number of benzene rings is 1. The number of anilines is 1. The third-order valence-electron chi connectivity index (χ3n) is 5.37. The molecule has 1 aromatic carbocycles. The topological polar surface area (TPSA) is 81.7 Å². The van der Waals surface area contributed by atoms with Crippen LogP contribution in [0.3, 0.4) is 0 Å². The fourth-order valence-corrected chi connectivity index (χ4v) is 3.84. The summed E-state index contributed by atoms with van der Waals surface area (Å²) in [7, 11) is 0. The number of nitrogens with one attached hydrogen (secondary N) is 2. The number of rotatable bonds is 9. The number of Topliss-reactive ketones (excluding diaryl/α,β-unsaturated/α-hetero) is 1. The molecule has 0 aromatic heterocycles. The van der Waals surface area contributed by atoms with Gasteiger partial charge in [-0.25, -0.2) is 0 Å². The van der Waals surface area contributed by atoms with Crippen molar-refractivity contribution < 1.29 is 14.7 Å². The van der Waals surface area contributed by atoms with E-state index < -0.39 is 0 Å². The molecule has 1 aliphatic carbocycles. The fraction of sp³-hybridized carbons (Fsp3) is 0.500. The van der Waals surface area contributed by atoms with Gasteiger partial charge in [-0.05, 0) is 50.5 Å². The van der Waals surface area contributed by atoms with E-state index in [0.29, 0.717) is 30.7 Å². The first-order valence-corrected chi connectivity index (χ1v) is 11.2. The van der Waals surface area contributed by atoms with E-state index in [1.807, 2.05) is 19.1 Å². The summed E-state index contributed by atoms with van der Waals surface area (Å²) < 4.78 is 0. The lowest BCUT2D eigenvalue weighted by atomic mass is 10.0. The predicted octanol–water partition coefficient (Wildman–Crippen LogP) is 3.35. The van der Waals surface area contributed by atoms with Gasteiger partial charge in [0.25, 0.3) is 0 Å². The summed E-state index contributed by atoms with van der Waals surface area (Å²) in [5.74, 6) is 0.501. The van der Waals surface area contributed by atoms with E-state index in [9.17, 15) is 14.7 Å². The molecule has 3 N–H and O–H groups in total. The fourth-order valence-electron chi connectivity index (χ4n) is 3.65. The molecular weight excluding hydrogens is 414 g/mol. The molecule has 0 atom stereocenters. The van der Waals surface area contributed by atoms with Crippen molar-refractivity contribution in [1.29, 1.82) is 0 Å². The van der Waals surface area contributed by atoms with Crippen molar-refractivity contribution in [3.63, 3.8) is 0 Å². The van der Waals surface area contributed by atoms with E-state index in [0.717, 1.165) is 50.0 Å².